The third-order valence-electron chi connectivity index (χ3n) is 3.04. The molecule has 1 unspecified atom stereocenters. The molecule has 1 N–H and O–H groups in total. The first-order valence-electron chi connectivity index (χ1n) is 6.27. The molecule has 1 aromatic carbocycles. The van der Waals surface area contributed by atoms with Gasteiger partial charge in [0.1, 0.15) is 0 Å². The Kier molecular flexibility index (Phi) is 4.85. The molecule has 1 heterocycles. The SMILES string of the molecule is CCNCC(Cc1ccoc1)c1ccc(Cl)cc1. The monoisotopic (exact) mass is 263 g/mol. The van der Waals surface area contributed by atoms with Gasteiger partial charge in [-0.3, -0.25) is 0 Å². The van der Waals surface area contributed by atoms with Crippen LogP contribution in [0.15, 0.2) is 47.3 Å². The molecule has 3 heteroatoms. The van der Waals surface area contributed by atoms with E-state index in [1.54, 1.807) is 6.26 Å². The molecule has 0 aliphatic carbocycles. The van der Waals surface area contributed by atoms with Crippen molar-refractivity contribution >= 4 is 11.6 Å². The Morgan fingerprint density at radius 3 is 2.61 bits per heavy atom. The lowest BCUT2D eigenvalue weighted by Crippen LogP contribution is -2.22. The topological polar surface area (TPSA) is 25.2 Å². The second-order valence-electron chi connectivity index (χ2n) is 4.39. The van der Waals surface area contributed by atoms with Crippen LogP contribution in [0.2, 0.25) is 5.02 Å². The molecule has 2 rings (SSSR count). The number of nitrogens with one attached hydrogen (secondary N) is 1. The number of hydrogen-bond acceptors (Lipinski definition) is 2. The summed E-state index contributed by atoms with van der Waals surface area (Å²) in [6.07, 6.45) is 4.52. The molecule has 1 atom stereocenters. The van der Waals surface area contributed by atoms with Crippen molar-refractivity contribution in [3.8, 4) is 0 Å². The molecule has 2 nitrogen and oxygen atoms in total. The number of benzene rings is 1. The number of rotatable bonds is 6. The van der Waals surface area contributed by atoms with Crippen molar-refractivity contribution in [3.63, 3.8) is 0 Å². The predicted molar refractivity (Wildman–Crippen MR) is 75.1 cm³/mol. The van der Waals surface area contributed by atoms with Crippen molar-refractivity contribution in [3.05, 3.63) is 59.0 Å². The number of likely N-dealkylation sites (N-methyl/N-ethyl adjacent to an activating group) is 1. The molecule has 0 spiro atoms. The van der Waals surface area contributed by atoms with Crippen LogP contribution in [-0.2, 0) is 6.42 Å². The first-order chi connectivity index (χ1) is 8.79. The van der Waals surface area contributed by atoms with Crippen molar-refractivity contribution in [1.82, 2.24) is 5.32 Å². The second kappa shape index (κ2) is 6.62. The largest absolute Gasteiger partial charge is 0.472 e. The number of hydrogen-bond donors (Lipinski definition) is 1. The van der Waals surface area contributed by atoms with E-state index in [2.05, 4.69) is 24.4 Å². The molecule has 0 bridgehead atoms. The van der Waals surface area contributed by atoms with Crippen LogP contribution in [0.4, 0.5) is 0 Å². The summed E-state index contributed by atoms with van der Waals surface area (Å²) in [6, 6.07) is 10.1. The van der Waals surface area contributed by atoms with Gasteiger partial charge in [-0.05, 0) is 42.3 Å². The van der Waals surface area contributed by atoms with Gasteiger partial charge in [0.05, 0.1) is 12.5 Å². The quantitative estimate of drug-likeness (QED) is 0.856. The van der Waals surface area contributed by atoms with Crippen molar-refractivity contribution in [2.45, 2.75) is 19.3 Å². The molecule has 0 fully saturated rings. The van der Waals surface area contributed by atoms with Gasteiger partial charge in [0, 0.05) is 17.5 Å². The van der Waals surface area contributed by atoms with E-state index in [9.17, 15) is 0 Å². The third-order valence-corrected chi connectivity index (χ3v) is 3.30. The summed E-state index contributed by atoms with van der Waals surface area (Å²) in [7, 11) is 0. The highest BCUT2D eigenvalue weighted by Gasteiger charge is 2.12. The summed E-state index contributed by atoms with van der Waals surface area (Å²) < 4.78 is 5.13. The molecule has 18 heavy (non-hydrogen) atoms. The number of furan rings is 1. The Morgan fingerprint density at radius 1 is 1.22 bits per heavy atom. The van der Waals surface area contributed by atoms with Crippen LogP contribution >= 0.6 is 11.6 Å². The van der Waals surface area contributed by atoms with Gasteiger partial charge in [0.15, 0.2) is 0 Å². The molecule has 0 saturated carbocycles. The van der Waals surface area contributed by atoms with E-state index < -0.39 is 0 Å². The zero-order valence-electron chi connectivity index (χ0n) is 10.5. The van der Waals surface area contributed by atoms with Crippen molar-refractivity contribution in [1.29, 1.82) is 0 Å². The average molecular weight is 264 g/mol. The van der Waals surface area contributed by atoms with E-state index in [0.717, 1.165) is 24.5 Å². The van der Waals surface area contributed by atoms with Crippen LogP contribution in [0.1, 0.15) is 24.0 Å². The Hall–Kier alpha value is -1.25. The van der Waals surface area contributed by atoms with E-state index in [0.29, 0.717) is 5.92 Å². The Morgan fingerprint density at radius 2 is 2.00 bits per heavy atom. The minimum absolute atomic E-state index is 0.444. The maximum atomic E-state index is 5.93. The fourth-order valence-electron chi connectivity index (χ4n) is 2.05. The van der Waals surface area contributed by atoms with Crippen LogP contribution < -0.4 is 5.32 Å². The first kappa shape index (κ1) is 13.2. The minimum Gasteiger partial charge on any atom is -0.472 e. The molecular weight excluding hydrogens is 246 g/mol. The fourth-order valence-corrected chi connectivity index (χ4v) is 2.18. The molecule has 1 aromatic heterocycles. The highest BCUT2D eigenvalue weighted by atomic mass is 35.5. The summed E-state index contributed by atoms with van der Waals surface area (Å²) in [5.74, 6) is 0.444. The molecule has 0 aliphatic heterocycles. The molecular formula is C15H18ClNO. The van der Waals surface area contributed by atoms with Gasteiger partial charge in [0.2, 0.25) is 0 Å². The normalized spacial score (nSPS) is 12.6. The first-order valence-corrected chi connectivity index (χ1v) is 6.64. The van der Waals surface area contributed by atoms with Crippen molar-refractivity contribution < 1.29 is 4.42 Å². The summed E-state index contributed by atoms with van der Waals surface area (Å²) in [5.41, 5.74) is 2.54. The smallest absolute Gasteiger partial charge is 0.0934 e. The Labute approximate surface area is 113 Å². The van der Waals surface area contributed by atoms with Gasteiger partial charge in [-0.2, -0.15) is 0 Å². The lowest BCUT2D eigenvalue weighted by atomic mass is 9.93. The highest BCUT2D eigenvalue weighted by molar-refractivity contribution is 6.30. The van der Waals surface area contributed by atoms with Crippen LogP contribution in [0.5, 0.6) is 0 Å². The van der Waals surface area contributed by atoms with E-state index in [1.807, 2.05) is 24.5 Å². The number of halogens is 1. The zero-order chi connectivity index (χ0) is 12.8. The maximum Gasteiger partial charge on any atom is 0.0934 e. The van der Waals surface area contributed by atoms with E-state index >= 15 is 0 Å². The van der Waals surface area contributed by atoms with Gasteiger partial charge in [-0.15, -0.1) is 0 Å². The van der Waals surface area contributed by atoms with E-state index in [4.69, 9.17) is 16.0 Å². The third kappa shape index (κ3) is 3.62. The summed E-state index contributed by atoms with van der Waals surface area (Å²) in [6.45, 7) is 4.07. The molecule has 96 valence electrons. The van der Waals surface area contributed by atoms with Gasteiger partial charge in [0.25, 0.3) is 0 Å². The van der Waals surface area contributed by atoms with Crippen LogP contribution in [-0.4, -0.2) is 13.1 Å². The van der Waals surface area contributed by atoms with Gasteiger partial charge >= 0.3 is 0 Å². The van der Waals surface area contributed by atoms with Crippen LogP contribution in [0.25, 0.3) is 0 Å². The van der Waals surface area contributed by atoms with Gasteiger partial charge in [-0.1, -0.05) is 30.7 Å². The maximum absolute atomic E-state index is 5.93. The molecule has 0 saturated heterocycles. The Balaban J connectivity index is 2.11. The lowest BCUT2D eigenvalue weighted by molar-refractivity contribution is 0.555. The standard InChI is InChI=1S/C15H18ClNO/c1-2-17-10-14(9-12-7-8-18-11-12)13-3-5-15(16)6-4-13/h3-8,11,14,17H,2,9-10H2,1H3. The summed E-state index contributed by atoms with van der Waals surface area (Å²) >= 11 is 5.93. The van der Waals surface area contributed by atoms with Gasteiger partial charge < -0.3 is 9.73 Å². The molecule has 0 aliphatic rings. The summed E-state index contributed by atoms with van der Waals surface area (Å²) in [4.78, 5) is 0. The van der Waals surface area contributed by atoms with E-state index in [1.165, 1.54) is 11.1 Å². The molecule has 2 aromatic rings. The van der Waals surface area contributed by atoms with Crippen LogP contribution in [0.3, 0.4) is 0 Å². The van der Waals surface area contributed by atoms with Crippen molar-refractivity contribution in [2.75, 3.05) is 13.1 Å². The summed E-state index contributed by atoms with van der Waals surface area (Å²) in [5, 5.41) is 4.19. The molecule has 0 radical (unpaired) electrons. The van der Waals surface area contributed by atoms with Crippen LogP contribution in [0, 0.1) is 0 Å². The molecule has 0 amide bonds. The second-order valence-corrected chi connectivity index (χ2v) is 4.83. The lowest BCUT2D eigenvalue weighted by Gasteiger charge is -2.17. The highest BCUT2D eigenvalue weighted by Crippen LogP contribution is 2.22. The average Bonchev–Trinajstić information content (AvgIpc) is 2.88. The van der Waals surface area contributed by atoms with Crippen molar-refractivity contribution in [2.24, 2.45) is 0 Å². The zero-order valence-corrected chi connectivity index (χ0v) is 11.3. The van der Waals surface area contributed by atoms with E-state index in [-0.39, 0.29) is 0 Å². The predicted octanol–water partition coefficient (Wildman–Crippen LogP) is 3.87. The Bertz CT molecular complexity index is 450. The fraction of sp³-hybridized carbons (Fsp3) is 0.333. The van der Waals surface area contributed by atoms with Gasteiger partial charge in [-0.25, -0.2) is 0 Å². The minimum atomic E-state index is 0.444.